The van der Waals surface area contributed by atoms with Gasteiger partial charge in [-0.25, -0.2) is 4.39 Å². The van der Waals surface area contributed by atoms with Gasteiger partial charge in [0.2, 0.25) is 0 Å². The first-order chi connectivity index (χ1) is 11.1. The molecule has 118 valence electrons. The number of amides is 1. The highest BCUT2D eigenvalue weighted by atomic mass is 35.5. The van der Waals surface area contributed by atoms with Gasteiger partial charge in [-0.3, -0.25) is 4.79 Å². The molecule has 2 aromatic carbocycles. The summed E-state index contributed by atoms with van der Waals surface area (Å²) in [4.78, 5) is 12.5. The number of ether oxygens (including phenoxy) is 1. The zero-order valence-corrected chi connectivity index (χ0v) is 13.0. The van der Waals surface area contributed by atoms with E-state index < -0.39 is 11.7 Å². The van der Waals surface area contributed by atoms with Gasteiger partial charge in [-0.05, 0) is 24.3 Å². The van der Waals surface area contributed by atoms with E-state index in [0.29, 0.717) is 16.2 Å². The van der Waals surface area contributed by atoms with E-state index in [4.69, 9.17) is 20.8 Å². The van der Waals surface area contributed by atoms with Crippen molar-refractivity contribution in [2.45, 2.75) is 6.61 Å². The topological polar surface area (TPSA) is 51.5 Å². The Morgan fingerprint density at radius 1 is 1.30 bits per heavy atom. The number of carbonyl (C=O) groups is 1. The molecule has 23 heavy (non-hydrogen) atoms. The van der Waals surface area contributed by atoms with Crippen LogP contribution in [-0.2, 0) is 11.3 Å². The number of halogens is 2. The predicted molar refractivity (Wildman–Crippen MR) is 86.3 cm³/mol. The summed E-state index contributed by atoms with van der Waals surface area (Å²) in [5.74, 6) is -1.05. The lowest BCUT2D eigenvalue weighted by atomic mass is 10.1. The third-order valence-corrected chi connectivity index (χ3v) is 3.60. The second kappa shape index (κ2) is 6.40. The summed E-state index contributed by atoms with van der Waals surface area (Å²) in [7, 11) is 1.53. The second-order valence-electron chi connectivity index (χ2n) is 4.92. The Morgan fingerprint density at radius 2 is 2.09 bits per heavy atom. The number of hydrogen-bond donors (Lipinski definition) is 1. The van der Waals surface area contributed by atoms with E-state index in [1.807, 2.05) is 12.1 Å². The van der Waals surface area contributed by atoms with Crippen LogP contribution < -0.4 is 5.32 Å². The molecule has 0 fully saturated rings. The SMILES string of the molecule is COCc1c(C(=O)Nc2cc(Cl)ccc2F)oc2ccccc12. The highest BCUT2D eigenvalue weighted by Gasteiger charge is 2.21. The second-order valence-corrected chi connectivity index (χ2v) is 5.35. The number of nitrogens with one attached hydrogen (secondary N) is 1. The van der Waals surface area contributed by atoms with Crippen LogP contribution >= 0.6 is 11.6 Å². The lowest BCUT2D eigenvalue weighted by Gasteiger charge is -2.06. The van der Waals surface area contributed by atoms with E-state index in [1.54, 1.807) is 12.1 Å². The summed E-state index contributed by atoms with van der Waals surface area (Å²) in [6, 6.07) is 11.2. The van der Waals surface area contributed by atoms with Gasteiger partial charge in [-0.15, -0.1) is 0 Å². The fraction of sp³-hybridized carbons (Fsp3) is 0.118. The Kier molecular flexibility index (Phi) is 4.32. The molecule has 1 heterocycles. The van der Waals surface area contributed by atoms with Gasteiger partial charge in [0.15, 0.2) is 5.76 Å². The van der Waals surface area contributed by atoms with Crippen LogP contribution in [0.3, 0.4) is 0 Å². The zero-order chi connectivity index (χ0) is 16.4. The molecule has 1 N–H and O–H groups in total. The molecule has 3 aromatic rings. The first kappa shape index (κ1) is 15.5. The molecule has 0 radical (unpaired) electrons. The van der Waals surface area contributed by atoms with Gasteiger partial charge in [-0.1, -0.05) is 29.8 Å². The van der Waals surface area contributed by atoms with Gasteiger partial charge in [0.05, 0.1) is 12.3 Å². The third kappa shape index (κ3) is 3.06. The quantitative estimate of drug-likeness (QED) is 0.757. The van der Waals surface area contributed by atoms with Crippen molar-refractivity contribution in [3.05, 3.63) is 64.6 Å². The zero-order valence-electron chi connectivity index (χ0n) is 12.2. The van der Waals surface area contributed by atoms with Crippen LogP contribution in [0.15, 0.2) is 46.9 Å². The third-order valence-electron chi connectivity index (χ3n) is 3.37. The van der Waals surface area contributed by atoms with E-state index >= 15 is 0 Å². The Bertz CT molecular complexity index is 875. The van der Waals surface area contributed by atoms with Crippen LogP contribution in [-0.4, -0.2) is 13.0 Å². The number of furan rings is 1. The fourth-order valence-electron chi connectivity index (χ4n) is 2.34. The van der Waals surface area contributed by atoms with Crippen LogP contribution in [0.25, 0.3) is 11.0 Å². The molecule has 0 aliphatic rings. The van der Waals surface area contributed by atoms with E-state index in [1.165, 1.54) is 25.3 Å². The molecule has 0 unspecified atom stereocenters. The van der Waals surface area contributed by atoms with Crippen LogP contribution in [0.5, 0.6) is 0 Å². The van der Waals surface area contributed by atoms with E-state index in [-0.39, 0.29) is 18.1 Å². The number of anilines is 1. The standard InChI is InChI=1S/C17H13ClFNO3/c1-22-9-12-11-4-2-3-5-15(11)23-16(12)17(21)20-14-8-10(18)6-7-13(14)19/h2-8H,9H2,1H3,(H,20,21). The number of benzene rings is 2. The van der Waals surface area contributed by atoms with Gasteiger partial charge in [0, 0.05) is 23.1 Å². The summed E-state index contributed by atoms with van der Waals surface area (Å²) >= 11 is 5.83. The largest absolute Gasteiger partial charge is 0.451 e. The Balaban J connectivity index is 2.00. The lowest BCUT2D eigenvalue weighted by molar-refractivity contribution is 0.0991. The molecular formula is C17H13ClFNO3. The molecule has 1 aromatic heterocycles. The maximum atomic E-state index is 13.8. The van der Waals surface area contributed by atoms with Crippen molar-refractivity contribution in [3.63, 3.8) is 0 Å². The molecule has 0 bridgehead atoms. The Morgan fingerprint density at radius 3 is 2.87 bits per heavy atom. The van der Waals surface area contributed by atoms with Crippen molar-refractivity contribution in [1.82, 2.24) is 0 Å². The maximum Gasteiger partial charge on any atom is 0.291 e. The Labute approximate surface area is 136 Å². The average molecular weight is 334 g/mol. The summed E-state index contributed by atoms with van der Waals surface area (Å²) in [6.07, 6.45) is 0. The highest BCUT2D eigenvalue weighted by molar-refractivity contribution is 6.31. The number of para-hydroxylation sites is 1. The molecule has 1 amide bonds. The fourth-order valence-corrected chi connectivity index (χ4v) is 2.51. The predicted octanol–water partition coefficient (Wildman–Crippen LogP) is 4.62. The van der Waals surface area contributed by atoms with Crippen LogP contribution in [0, 0.1) is 5.82 Å². The van der Waals surface area contributed by atoms with E-state index in [0.717, 1.165) is 5.39 Å². The van der Waals surface area contributed by atoms with Crippen LogP contribution in [0.1, 0.15) is 16.1 Å². The molecule has 6 heteroatoms. The van der Waals surface area contributed by atoms with Crippen molar-refractivity contribution in [2.75, 3.05) is 12.4 Å². The van der Waals surface area contributed by atoms with Gasteiger partial charge in [-0.2, -0.15) is 0 Å². The van der Waals surface area contributed by atoms with Crippen molar-refractivity contribution < 1.29 is 18.3 Å². The first-order valence-corrected chi connectivity index (χ1v) is 7.23. The minimum absolute atomic E-state index is 0.00803. The monoisotopic (exact) mass is 333 g/mol. The Hall–Kier alpha value is -2.37. The van der Waals surface area contributed by atoms with Gasteiger partial charge in [0.25, 0.3) is 5.91 Å². The maximum absolute atomic E-state index is 13.8. The number of methoxy groups -OCH3 is 1. The number of rotatable bonds is 4. The van der Waals surface area contributed by atoms with Crippen molar-refractivity contribution >= 4 is 34.2 Å². The summed E-state index contributed by atoms with van der Waals surface area (Å²) in [5.41, 5.74) is 1.17. The minimum Gasteiger partial charge on any atom is -0.451 e. The average Bonchev–Trinajstić information content (AvgIpc) is 2.90. The van der Waals surface area contributed by atoms with Gasteiger partial charge in [0.1, 0.15) is 11.4 Å². The number of hydrogen-bond acceptors (Lipinski definition) is 3. The molecule has 4 nitrogen and oxygen atoms in total. The summed E-state index contributed by atoms with van der Waals surface area (Å²) in [5, 5.41) is 3.59. The molecule has 0 saturated heterocycles. The highest BCUT2D eigenvalue weighted by Crippen LogP contribution is 2.28. The van der Waals surface area contributed by atoms with Crippen molar-refractivity contribution in [2.24, 2.45) is 0 Å². The minimum atomic E-state index is -0.577. The molecule has 3 rings (SSSR count). The number of carbonyl (C=O) groups excluding carboxylic acids is 1. The normalized spacial score (nSPS) is 10.9. The van der Waals surface area contributed by atoms with E-state index in [9.17, 15) is 9.18 Å². The summed E-state index contributed by atoms with van der Waals surface area (Å²) < 4.78 is 24.5. The van der Waals surface area contributed by atoms with Crippen molar-refractivity contribution in [1.29, 1.82) is 0 Å². The van der Waals surface area contributed by atoms with Gasteiger partial charge >= 0.3 is 0 Å². The van der Waals surface area contributed by atoms with Gasteiger partial charge < -0.3 is 14.5 Å². The van der Waals surface area contributed by atoms with Crippen LogP contribution in [0.4, 0.5) is 10.1 Å². The van der Waals surface area contributed by atoms with Crippen molar-refractivity contribution in [3.8, 4) is 0 Å². The van der Waals surface area contributed by atoms with E-state index in [2.05, 4.69) is 5.32 Å². The lowest BCUT2D eigenvalue weighted by Crippen LogP contribution is -2.14. The summed E-state index contributed by atoms with van der Waals surface area (Å²) in [6.45, 7) is 0.206. The molecular weight excluding hydrogens is 321 g/mol. The van der Waals surface area contributed by atoms with Crippen LogP contribution in [0.2, 0.25) is 5.02 Å². The molecule has 0 atom stereocenters. The molecule has 0 aliphatic heterocycles. The number of fused-ring (bicyclic) bond motifs is 1. The first-order valence-electron chi connectivity index (χ1n) is 6.86. The molecule has 0 aliphatic carbocycles. The molecule has 0 saturated carbocycles. The molecule has 0 spiro atoms. The smallest absolute Gasteiger partial charge is 0.291 e.